The van der Waals surface area contributed by atoms with Crippen LogP contribution in [0.4, 0.5) is 0 Å². The van der Waals surface area contributed by atoms with E-state index >= 15 is 0 Å². The van der Waals surface area contributed by atoms with Crippen LogP contribution in [0.2, 0.25) is 0 Å². The van der Waals surface area contributed by atoms with Gasteiger partial charge in [-0.3, -0.25) is 9.59 Å². The minimum Gasteiger partial charge on any atom is -0.394 e. The van der Waals surface area contributed by atoms with Crippen LogP contribution in [0.3, 0.4) is 0 Å². The first-order chi connectivity index (χ1) is 33.9. The van der Waals surface area contributed by atoms with Crippen LogP contribution in [0.1, 0.15) is 262 Å². The van der Waals surface area contributed by atoms with Crippen LogP contribution in [0.15, 0.2) is 91.0 Å². The lowest BCUT2D eigenvalue weighted by Crippen LogP contribution is -2.35. The summed E-state index contributed by atoms with van der Waals surface area (Å²) in [5.41, 5.74) is 2.17. The zero-order valence-electron chi connectivity index (χ0n) is 44.3. The number of Topliss-reactive ketones (excluding diaryl/α,β-unsaturated/α-hetero) is 2. The lowest BCUT2D eigenvalue weighted by atomic mass is 9.80. The van der Waals surface area contributed by atoms with Gasteiger partial charge in [0, 0.05) is 25.7 Å². The Kier molecular flexibility index (Phi) is 39.2. The van der Waals surface area contributed by atoms with Crippen LogP contribution < -0.4 is 0 Å². The molecule has 0 aromatic heterocycles. The van der Waals surface area contributed by atoms with Crippen molar-refractivity contribution in [3.8, 4) is 0 Å². The predicted molar refractivity (Wildman–Crippen MR) is 292 cm³/mol. The molecule has 0 spiro atoms. The Bertz CT molecular complexity index is 1480. The lowest BCUT2D eigenvalue weighted by molar-refractivity contribution is -0.120. The number of hydrogen-bond acceptors (Lipinski definition) is 6. The second kappa shape index (κ2) is 43.6. The molecule has 0 unspecified atom stereocenters. The predicted octanol–water partition coefficient (Wildman–Crippen LogP) is 16.9. The van der Waals surface area contributed by atoms with Gasteiger partial charge in [0.25, 0.3) is 0 Å². The van der Waals surface area contributed by atoms with E-state index in [1.165, 1.54) is 167 Å². The first-order valence-corrected chi connectivity index (χ1v) is 28.7. The molecule has 0 aliphatic rings. The fourth-order valence-corrected chi connectivity index (χ4v) is 9.46. The summed E-state index contributed by atoms with van der Waals surface area (Å²) >= 11 is 0. The van der Waals surface area contributed by atoms with E-state index in [4.69, 9.17) is 9.84 Å². The highest BCUT2D eigenvalue weighted by molar-refractivity contribution is 5.78. The summed E-state index contributed by atoms with van der Waals surface area (Å²) in [7, 11) is 0. The van der Waals surface area contributed by atoms with Gasteiger partial charge in [0.15, 0.2) is 0 Å². The van der Waals surface area contributed by atoms with Crippen molar-refractivity contribution in [1.29, 1.82) is 0 Å². The third kappa shape index (κ3) is 31.0. The number of aliphatic hydroxyl groups excluding tert-OH is 3. The van der Waals surface area contributed by atoms with E-state index in [9.17, 15) is 19.8 Å². The minimum atomic E-state index is -0.858. The second-order valence-corrected chi connectivity index (χ2v) is 20.1. The smallest absolute Gasteiger partial charge is 0.143 e. The summed E-state index contributed by atoms with van der Waals surface area (Å²) < 4.78 is 6.71. The fraction of sp³-hybridized carbons (Fsp3) is 0.683. The van der Waals surface area contributed by atoms with E-state index in [1.54, 1.807) is 0 Å². The topological polar surface area (TPSA) is 104 Å². The lowest BCUT2D eigenvalue weighted by Gasteiger charge is -2.36. The number of ether oxygens (including phenoxy) is 1. The Balaban J connectivity index is 0.000000557. The van der Waals surface area contributed by atoms with Crippen LogP contribution in [-0.2, 0) is 19.9 Å². The average Bonchev–Trinajstić information content (AvgIpc) is 3.38. The van der Waals surface area contributed by atoms with Crippen LogP contribution in [0, 0.1) is 0 Å². The van der Waals surface area contributed by atoms with Gasteiger partial charge in [0.05, 0.1) is 25.4 Å². The Morgan fingerprint density at radius 1 is 0.391 bits per heavy atom. The molecular weight excluding hydrogens is 853 g/mol. The number of ketones is 2. The van der Waals surface area contributed by atoms with Crippen molar-refractivity contribution in [2.45, 2.75) is 263 Å². The summed E-state index contributed by atoms with van der Waals surface area (Å²) in [5, 5.41) is 28.8. The SMILES string of the molecule is CCCCCCCCCCCCCCCCCC(=O)CC[C@@H](O)CO.CCCCCCCCCCCCCCCCCC(=O)CC[C@@H](O)COC(c1ccccc1)(c1ccccc1)c1ccccc1. The molecule has 0 aliphatic carbocycles. The molecule has 69 heavy (non-hydrogen) atoms. The number of hydrogen-bond donors (Lipinski definition) is 3. The monoisotopic (exact) mass is 955 g/mol. The fourth-order valence-electron chi connectivity index (χ4n) is 9.46. The highest BCUT2D eigenvalue weighted by atomic mass is 16.5. The molecular formula is C63H102O6. The van der Waals surface area contributed by atoms with Gasteiger partial charge in [-0.15, -0.1) is 0 Å². The van der Waals surface area contributed by atoms with Gasteiger partial charge >= 0.3 is 0 Å². The summed E-state index contributed by atoms with van der Waals surface area (Å²) in [6.45, 7) is 4.45. The van der Waals surface area contributed by atoms with Crippen molar-refractivity contribution >= 4 is 11.6 Å². The van der Waals surface area contributed by atoms with E-state index in [0.717, 1.165) is 42.4 Å². The van der Waals surface area contributed by atoms with Gasteiger partial charge in [-0.05, 0) is 42.4 Å². The van der Waals surface area contributed by atoms with Gasteiger partial charge in [-0.1, -0.05) is 285 Å². The summed E-state index contributed by atoms with van der Waals surface area (Å²) in [6, 6.07) is 30.6. The largest absolute Gasteiger partial charge is 0.394 e. The first-order valence-electron chi connectivity index (χ1n) is 28.7. The Hall–Kier alpha value is -3.16. The molecule has 0 aliphatic heterocycles. The maximum absolute atomic E-state index is 12.6. The van der Waals surface area contributed by atoms with Crippen molar-refractivity contribution < 1.29 is 29.6 Å². The van der Waals surface area contributed by atoms with Crippen molar-refractivity contribution in [3.05, 3.63) is 108 Å². The van der Waals surface area contributed by atoms with E-state index in [2.05, 4.69) is 50.2 Å². The molecule has 3 N–H and O–H groups in total. The molecule has 6 heteroatoms. The molecule has 3 aromatic rings. The van der Waals surface area contributed by atoms with Crippen molar-refractivity contribution in [1.82, 2.24) is 0 Å². The molecule has 0 saturated heterocycles. The first kappa shape index (κ1) is 62.0. The molecule has 0 bridgehead atoms. The number of rotatable bonds is 45. The summed E-state index contributed by atoms with van der Waals surface area (Å²) in [4.78, 5) is 24.2. The highest BCUT2D eigenvalue weighted by Crippen LogP contribution is 2.40. The van der Waals surface area contributed by atoms with E-state index in [1.807, 2.05) is 54.6 Å². The molecule has 6 nitrogen and oxygen atoms in total. The maximum atomic E-state index is 12.6. The maximum Gasteiger partial charge on any atom is 0.143 e. The number of unbranched alkanes of at least 4 members (excludes halogenated alkanes) is 28. The van der Waals surface area contributed by atoms with Gasteiger partial charge in [-0.25, -0.2) is 0 Å². The second-order valence-electron chi connectivity index (χ2n) is 20.1. The van der Waals surface area contributed by atoms with Gasteiger partial charge in [-0.2, -0.15) is 0 Å². The highest BCUT2D eigenvalue weighted by Gasteiger charge is 2.38. The van der Waals surface area contributed by atoms with Crippen LogP contribution in [0.5, 0.6) is 0 Å². The number of carbonyl (C=O) groups is 2. The molecule has 390 valence electrons. The normalized spacial score (nSPS) is 12.4. The Morgan fingerprint density at radius 3 is 0.928 bits per heavy atom. The van der Waals surface area contributed by atoms with Gasteiger partial charge < -0.3 is 20.1 Å². The van der Waals surface area contributed by atoms with Crippen molar-refractivity contribution in [2.24, 2.45) is 0 Å². The van der Waals surface area contributed by atoms with Crippen LogP contribution >= 0.6 is 0 Å². The molecule has 0 heterocycles. The zero-order valence-corrected chi connectivity index (χ0v) is 44.3. The number of benzene rings is 3. The molecule has 3 rings (SSSR count). The number of carbonyl (C=O) groups excluding carboxylic acids is 2. The van der Waals surface area contributed by atoms with E-state index in [-0.39, 0.29) is 24.8 Å². The van der Waals surface area contributed by atoms with E-state index < -0.39 is 17.8 Å². The van der Waals surface area contributed by atoms with E-state index in [0.29, 0.717) is 38.5 Å². The molecule has 0 amide bonds. The molecule has 2 atom stereocenters. The Morgan fingerprint density at radius 2 is 0.652 bits per heavy atom. The standard InChI is InChI=1S/C41H58O3.C22H44O3/c1-2-3-4-5-6-7-8-9-10-11-12-13-14-15-25-32-39(42)33-34-40(43)35-44-41(36-26-19-16-20-27-36,37-28-21-17-22-29-37)38-30-23-18-24-31-38;1-2-3-4-5-6-7-8-9-10-11-12-13-14-15-16-17-21(24)18-19-22(25)20-23/h16-24,26-31,40,43H,2-15,25,32-35H2,1H3;22-23,25H,2-20H2,1H3/t40-;22-/m11/s1. The van der Waals surface area contributed by atoms with Crippen molar-refractivity contribution in [3.63, 3.8) is 0 Å². The van der Waals surface area contributed by atoms with Gasteiger partial charge in [0.2, 0.25) is 0 Å². The molecule has 0 saturated carbocycles. The minimum absolute atomic E-state index is 0.144. The van der Waals surface area contributed by atoms with Gasteiger partial charge in [0.1, 0.15) is 17.2 Å². The van der Waals surface area contributed by atoms with Crippen molar-refractivity contribution in [2.75, 3.05) is 13.2 Å². The van der Waals surface area contributed by atoms with Crippen LogP contribution in [-0.4, -0.2) is 52.3 Å². The third-order valence-electron chi connectivity index (χ3n) is 13.9. The Labute approximate surface area is 423 Å². The van der Waals surface area contributed by atoms with Crippen LogP contribution in [0.25, 0.3) is 0 Å². The number of aliphatic hydroxyl groups is 3. The average molecular weight is 956 g/mol. The molecule has 3 aromatic carbocycles. The quantitative estimate of drug-likeness (QED) is 0.0385. The zero-order chi connectivity index (χ0) is 49.7. The molecule has 0 radical (unpaired) electrons. The summed E-state index contributed by atoms with van der Waals surface area (Å²) in [6.07, 6.45) is 41.3. The third-order valence-corrected chi connectivity index (χ3v) is 13.9. The molecule has 0 fully saturated rings. The summed E-state index contributed by atoms with van der Waals surface area (Å²) in [5.74, 6) is 0.473.